The van der Waals surface area contributed by atoms with Gasteiger partial charge in [-0.1, -0.05) is 23.2 Å². The number of aromatic nitrogens is 2. The van der Waals surface area contributed by atoms with E-state index >= 15 is 0 Å². The maximum absolute atomic E-state index is 6.30. The van der Waals surface area contributed by atoms with Crippen LogP contribution in [0.5, 0.6) is 0 Å². The van der Waals surface area contributed by atoms with Gasteiger partial charge in [0.05, 0.1) is 11.4 Å². The van der Waals surface area contributed by atoms with E-state index in [4.69, 9.17) is 23.2 Å². The molecule has 1 aromatic carbocycles. The first-order valence-corrected chi connectivity index (χ1v) is 6.77. The Morgan fingerprint density at radius 2 is 1.88 bits per heavy atom. The van der Waals surface area contributed by atoms with E-state index in [0.717, 1.165) is 33.1 Å². The fourth-order valence-electron chi connectivity index (χ4n) is 1.73. The Kier molecular flexibility index (Phi) is 2.62. The first-order chi connectivity index (χ1) is 7.75. The minimum atomic E-state index is 0.718. The third kappa shape index (κ3) is 1.63. The molecule has 2 heterocycles. The van der Waals surface area contributed by atoms with Gasteiger partial charge in [0.25, 0.3) is 0 Å². The second kappa shape index (κ2) is 3.99. The molecule has 0 radical (unpaired) electrons. The van der Waals surface area contributed by atoms with Crippen molar-refractivity contribution in [2.45, 2.75) is 11.5 Å². The molecule has 0 unspecified atom stereocenters. The van der Waals surface area contributed by atoms with Crippen LogP contribution < -0.4 is 0 Å². The van der Waals surface area contributed by atoms with Crippen molar-refractivity contribution < 1.29 is 0 Å². The van der Waals surface area contributed by atoms with Gasteiger partial charge >= 0.3 is 0 Å². The van der Waals surface area contributed by atoms with Crippen LogP contribution in [0.4, 0.5) is 0 Å². The smallest absolute Gasteiger partial charge is 0.137 e. The Morgan fingerprint density at radius 1 is 1.12 bits per heavy atom. The Hall–Kier alpha value is -0.640. The van der Waals surface area contributed by atoms with Gasteiger partial charge in [0.1, 0.15) is 5.15 Å². The van der Waals surface area contributed by atoms with Crippen molar-refractivity contribution in [2.24, 2.45) is 0 Å². The second-order valence-corrected chi connectivity index (χ2v) is 5.38. The summed E-state index contributed by atoms with van der Waals surface area (Å²) >= 11 is 14.0. The van der Waals surface area contributed by atoms with Gasteiger partial charge in [-0.2, -0.15) is 16.9 Å². The van der Waals surface area contributed by atoms with E-state index in [-0.39, 0.29) is 0 Å². The summed E-state index contributed by atoms with van der Waals surface area (Å²) in [5, 5.41) is 5.95. The molecule has 1 aliphatic rings. The molecular formula is C11H8Cl2N2S. The molecule has 0 saturated heterocycles. The standard InChI is InChI=1S/C11H8Cl2N2S/c12-7-1-3-8(4-2-7)15-11(13)9-5-16-6-10(9)14-15/h1-4H,5-6H2. The number of benzene rings is 1. The number of hydrogen-bond acceptors (Lipinski definition) is 2. The van der Waals surface area contributed by atoms with Gasteiger partial charge in [0.15, 0.2) is 0 Å². The summed E-state index contributed by atoms with van der Waals surface area (Å²) < 4.78 is 1.78. The van der Waals surface area contributed by atoms with E-state index in [0.29, 0.717) is 0 Å². The van der Waals surface area contributed by atoms with Crippen molar-refractivity contribution in [1.29, 1.82) is 0 Å². The topological polar surface area (TPSA) is 17.8 Å². The first kappa shape index (κ1) is 10.5. The van der Waals surface area contributed by atoms with Gasteiger partial charge in [0, 0.05) is 22.1 Å². The van der Waals surface area contributed by atoms with Crippen LogP contribution in [0, 0.1) is 0 Å². The molecule has 82 valence electrons. The third-order valence-corrected chi connectivity index (χ3v) is 4.17. The Bertz CT molecular complexity index is 534. The molecule has 0 spiro atoms. The van der Waals surface area contributed by atoms with Gasteiger partial charge in [-0.3, -0.25) is 0 Å². The molecule has 0 bridgehead atoms. The van der Waals surface area contributed by atoms with E-state index in [1.54, 1.807) is 4.68 Å². The van der Waals surface area contributed by atoms with Crippen LogP contribution in [-0.4, -0.2) is 9.78 Å². The van der Waals surface area contributed by atoms with Crippen LogP contribution in [0.3, 0.4) is 0 Å². The van der Waals surface area contributed by atoms with Crippen molar-refractivity contribution in [1.82, 2.24) is 9.78 Å². The monoisotopic (exact) mass is 270 g/mol. The Labute approximate surface area is 108 Å². The van der Waals surface area contributed by atoms with E-state index in [1.807, 2.05) is 36.0 Å². The zero-order valence-electron chi connectivity index (χ0n) is 8.28. The molecule has 2 aromatic rings. The van der Waals surface area contributed by atoms with E-state index < -0.39 is 0 Å². The molecule has 0 aliphatic carbocycles. The molecule has 1 aliphatic heterocycles. The summed E-state index contributed by atoms with van der Waals surface area (Å²) in [4.78, 5) is 0. The minimum absolute atomic E-state index is 0.718. The molecule has 0 N–H and O–H groups in total. The Morgan fingerprint density at radius 3 is 2.56 bits per heavy atom. The third-order valence-electron chi connectivity index (χ3n) is 2.56. The minimum Gasteiger partial charge on any atom is -0.222 e. The van der Waals surface area contributed by atoms with Gasteiger partial charge < -0.3 is 0 Å². The molecule has 16 heavy (non-hydrogen) atoms. The van der Waals surface area contributed by atoms with Crippen LogP contribution in [0.15, 0.2) is 24.3 Å². The molecule has 0 fully saturated rings. The lowest BCUT2D eigenvalue weighted by atomic mass is 10.3. The maximum Gasteiger partial charge on any atom is 0.137 e. The quantitative estimate of drug-likeness (QED) is 0.782. The fourth-order valence-corrected chi connectivity index (χ4v) is 3.29. The number of fused-ring (bicyclic) bond motifs is 1. The molecule has 0 amide bonds. The van der Waals surface area contributed by atoms with Gasteiger partial charge in [-0.15, -0.1) is 0 Å². The second-order valence-electron chi connectivity index (χ2n) is 3.60. The highest BCUT2D eigenvalue weighted by Crippen LogP contribution is 2.35. The van der Waals surface area contributed by atoms with Crippen LogP contribution in [0.2, 0.25) is 10.2 Å². The summed E-state index contributed by atoms with van der Waals surface area (Å²) in [6.45, 7) is 0. The molecule has 2 nitrogen and oxygen atoms in total. The number of hydrogen-bond donors (Lipinski definition) is 0. The molecule has 0 atom stereocenters. The predicted octanol–water partition coefficient (Wildman–Crippen LogP) is 3.93. The lowest BCUT2D eigenvalue weighted by molar-refractivity contribution is 0.860. The van der Waals surface area contributed by atoms with Gasteiger partial charge in [0.2, 0.25) is 0 Å². The fraction of sp³-hybridized carbons (Fsp3) is 0.182. The Balaban J connectivity index is 2.10. The maximum atomic E-state index is 6.30. The first-order valence-electron chi connectivity index (χ1n) is 4.85. The largest absolute Gasteiger partial charge is 0.222 e. The normalized spacial score (nSPS) is 14.1. The molecule has 3 rings (SSSR count). The lowest BCUT2D eigenvalue weighted by Gasteiger charge is -2.03. The summed E-state index contributed by atoms with van der Waals surface area (Å²) in [6.07, 6.45) is 0. The zero-order valence-corrected chi connectivity index (χ0v) is 10.6. The number of thioether (sulfide) groups is 1. The average molecular weight is 271 g/mol. The molecular weight excluding hydrogens is 263 g/mol. The summed E-state index contributed by atoms with van der Waals surface area (Å²) in [6, 6.07) is 7.52. The van der Waals surface area contributed by atoms with Gasteiger partial charge in [-0.25, -0.2) is 4.68 Å². The number of halogens is 2. The van der Waals surface area contributed by atoms with Crippen LogP contribution >= 0.6 is 35.0 Å². The van der Waals surface area contributed by atoms with Crippen LogP contribution in [0.1, 0.15) is 11.3 Å². The van der Waals surface area contributed by atoms with E-state index in [1.165, 1.54) is 5.56 Å². The lowest BCUT2D eigenvalue weighted by Crippen LogP contribution is -1.97. The molecule has 0 saturated carbocycles. The number of nitrogens with zero attached hydrogens (tertiary/aromatic N) is 2. The van der Waals surface area contributed by atoms with Gasteiger partial charge in [-0.05, 0) is 24.3 Å². The van der Waals surface area contributed by atoms with Crippen molar-refractivity contribution in [3.63, 3.8) is 0 Å². The highest BCUT2D eigenvalue weighted by Gasteiger charge is 2.21. The van der Waals surface area contributed by atoms with Crippen molar-refractivity contribution in [3.05, 3.63) is 45.7 Å². The van der Waals surface area contributed by atoms with E-state index in [2.05, 4.69) is 5.10 Å². The van der Waals surface area contributed by atoms with Crippen molar-refractivity contribution in [3.8, 4) is 5.69 Å². The van der Waals surface area contributed by atoms with Crippen LogP contribution in [0.25, 0.3) is 5.69 Å². The highest BCUT2D eigenvalue weighted by molar-refractivity contribution is 7.98. The summed E-state index contributed by atoms with van der Waals surface area (Å²) in [5.41, 5.74) is 3.22. The van der Waals surface area contributed by atoms with Crippen molar-refractivity contribution >= 4 is 35.0 Å². The van der Waals surface area contributed by atoms with Crippen molar-refractivity contribution in [2.75, 3.05) is 0 Å². The predicted molar refractivity (Wildman–Crippen MR) is 68.6 cm³/mol. The summed E-state index contributed by atoms with van der Waals surface area (Å²) in [5.74, 6) is 1.91. The highest BCUT2D eigenvalue weighted by atomic mass is 35.5. The number of rotatable bonds is 1. The average Bonchev–Trinajstić information content (AvgIpc) is 2.84. The van der Waals surface area contributed by atoms with Crippen LogP contribution in [-0.2, 0) is 11.5 Å². The molecule has 1 aromatic heterocycles. The molecule has 5 heteroatoms. The zero-order chi connectivity index (χ0) is 11.1. The SMILES string of the molecule is Clc1ccc(-n2nc3c(c2Cl)CSC3)cc1. The van der Waals surface area contributed by atoms with E-state index in [9.17, 15) is 0 Å². The summed E-state index contributed by atoms with van der Waals surface area (Å²) in [7, 11) is 0.